The standard InChI is InChI=1S/C24H31NO/c1-24-14-7-10-20(16-19-11-12-21(26-3)17-22(19)24)23(24)25(2)15-13-18-8-5-4-6-9-18/h4-6,8-9,11-12,17,20,23H,7,10,13-16H2,1-3H3/t20?,23-,24-/m1/s1. The molecule has 2 nitrogen and oxygen atoms in total. The van der Waals surface area contributed by atoms with Crippen LogP contribution < -0.4 is 4.74 Å². The van der Waals surface area contributed by atoms with E-state index in [0.717, 1.165) is 24.6 Å². The van der Waals surface area contributed by atoms with Crippen molar-refractivity contribution < 1.29 is 4.74 Å². The van der Waals surface area contributed by atoms with E-state index >= 15 is 0 Å². The summed E-state index contributed by atoms with van der Waals surface area (Å²) in [5.41, 5.74) is 4.75. The molecule has 2 aromatic rings. The van der Waals surface area contributed by atoms with Gasteiger partial charge in [0.15, 0.2) is 0 Å². The van der Waals surface area contributed by atoms with Crippen LogP contribution in [0.25, 0.3) is 0 Å². The lowest BCUT2D eigenvalue weighted by atomic mass is 9.57. The van der Waals surface area contributed by atoms with Crippen LogP contribution in [0, 0.1) is 5.92 Å². The molecule has 0 spiro atoms. The molecule has 1 fully saturated rings. The van der Waals surface area contributed by atoms with Crippen LogP contribution in [0.1, 0.15) is 42.9 Å². The summed E-state index contributed by atoms with van der Waals surface area (Å²) >= 11 is 0. The van der Waals surface area contributed by atoms with E-state index in [0.29, 0.717) is 6.04 Å². The highest BCUT2D eigenvalue weighted by Gasteiger charge is 2.49. The van der Waals surface area contributed by atoms with E-state index in [4.69, 9.17) is 4.74 Å². The third-order valence-electron chi connectivity index (χ3n) is 6.86. The topological polar surface area (TPSA) is 12.5 Å². The Labute approximate surface area is 158 Å². The minimum absolute atomic E-state index is 0.233. The van der Waals surface area contributed by atoms with E-state index in [-0.39, 0.29) is 5.41 Å². The van der Waals surface area contributed by atoms with Gasteiger partial charge in [0.2, 0.25) is 0 Å². The van der Waals surface area contributed by atoms with Gasteiger partial charge < -0.3 is 9.64 Å². The molecule has 0 saturated heterocycles. The maximum Gasteiger partial charge on any atom is 0.119 e. The van der Waals surface area contributed by atoms with Gasteiger partial charge in [-0.2, -0.15) is 0 Å². The number of benzene rings is 2. The monoisotopic (exact) mass is 349 g/mol. The van der Waals surface area contributed by atoms with Gasteiger partial charge in [-0.1, -0.05) is 49.7 Å². The van der Waals surface area contributed by atoms with Crippen molar-refractivity contribution in [1.29, 1.82) is 0 Å². The normalized spacial score (nSPS) is 27.2. The van der Waals surface area contributed by atoms with Crippen LogP contribution in [0.5, 0.6) is 5.75 Å². The molecule has 2 aliphatic rings. The minimum atomic E-state index is 0.233. The number of fused-ring (bicyclic) bond motifs is 4. The van der Waals surface area contributed by atoms with Crippen molar-refractivity contribution in [2.45, 2.75) is 50.5 Å². The molecule has 0 aromatic heterocycles. The quantitative estimate of drug-likeness (QED) is 0.765. The Morgan fingerprint density at radius 2 is 1.96 bits per heavy atom. The molecule has 26 heavy (non-hydrogen) atoms. The molecule has 4 rings (SSSR count). The molecule has 138 valence electrons. The van der Waals surface area contributed by atoms with Crippen molar-refractivity contribution in [2.24, 2.45) is 5.92 Å². The van der Waals surface area contributed by atoms with Crippen molar-refractivity contribution in [3.63, 3.8) is 0 Å². The molecule has 2 aliphatic carbocycles. The lowest BCUT2D eigenvalue weighted by Gasteiger charge is -2.54. The molecule has 1 saturated carbocycles. The average molecular weight is 350 g/mol. The first-order valence-corrected chi connectivity index (χ1v) is 10.0. The number of nitrogens with zero attached hydrogens (tertiary/aromatic N) is 1. The molecule has 0 radical (unpaired) electrons. The van der Waals surface area contributed by atoms with Crippen molar-refractivity contribution in [3.8, 4) is 5.75 Å². The Hall–Kier alpha value is -1.80. The van der Waals surface area contributed by atoms with Crippen molar-refractivity contribution in [3.05, 3.63) is 65.2 Å². The molecular weight excluding hydrogens is 318 g/mol. The fourth-order valence-electron chi connectivity index (χ4n) is 5.68. The van der Waals surface area contributed by atoms with Crippen LogP contribution in [0.3, 0.4) is 0 Å². The van der Waals surface area contributed by atoms with Crippen LogP contribution >= 0.6 is 0 Å². The van der Waals surface area contributed by atoms with Crippen LogP contribution in [-0.4, -0.2) is 31.6 Å². The van der Waals surface area contributed by atoms with Crippen LogP contribution in [0.4, 0.5) is 0 Å². The molecule has 3 atom stereocenters. The van der Waals surface area contributed by atoms with Gasteiger partial charge in [0.05, 0.1) is 7.11 Å². The highest BCUT2D eigenvalue weighted by atomic mass is 16.5. The molecule has 0 aliphatic heterocycles. The zero-order chi connectivity index (χ0) is 18.1. The van der Waals surface area contributed by atoms with Gasteiger partial charge >= 0.3 is 0 Å². The van der Waals surface area contributed by atoms with E-state index in [2.05, 4.69) is 67.4 Å². The maximum absolute atomic E-state index is 5.55. The third kappa shape index (κ3) is 3.05. The molecule has 2 bridgehead atoms. The van der Waals surface area contributed by atoms with Gasteiger partial charge in [0.25, 0.3) is 0 Å². The van der Waals surface area contributed by atoms with Gasteiger partial charge in [-0.05, 0) is 67.5 Å². The first kappa shape index (κ1) is 17.6. The Kier molecular flexibility index (Phi) is 4.79. The van der Waals surface area contributed by atoms with Gasteiger partial charge in [-0.3, -0.25) is 0 Å². The van der Waals surface area contributed by atoms with Gasteiger partial charge in [0, 0.05) is 18.0 Å². The summed E-state index contributed by atoms with van der Waals surface area (Å²) in [4.78, 5) is 2.65. The molecule has 1 unspecified atom stereocenters. The lowest BCUT2D eigenvalue weighted by molar-refractivity contribution is 0.0465. The van der Waals surface area contributed by atoms with Gasteiger partial charge in [0.1, 0.15) is 5.75 Å². The lowest BCUT2D eigenvalue weighted by Crippen LogP contribution is -2.57. The Bertz CT molecular complexity index is 756. The Balaban J connectivity index is 1.61. The van der Waals surface area contributed by atoms with Crippen molar-refractivity contribution in [1.82, 2.24) is 4.90 Å². The average Bonchev–Trinajstić information content (AvgIpc) is 2.66. The zero-order valence-corrected chi connectivity index (χ0v) is 16.4. The smallest absolute Gasteiger partial charge is 0.119 e. The minimum Gasteiger partial charge on any atom is -0.497 e. The van der Waals surface area contributed by atoms with E-state index < -0.39 is 0 Å². The maximum atomic E-state index is 5.55. The summed E-state index contributed by atoms with van der Waals surface area (Å²) in [7, 11) is 4.12. The van der Waals surface area contributed by atoms with E-state index in [1.807, 2.05) is 0 Å². The summed E-state index contributed by atoms with van der Waals surface area (Å²) < 4.78 is 5.55. The Morgan fingerprint density at radius 1 is 1.15 bits per heavy atom. The third-order valence-corrected chi connectivity index (χ3v) is 6.86. The second kappa shape index (κ2) is 7.08. The highest BCUT2D eigenvalue weighted by molar-refractivity contribution is 5.45. The molecule has 0 amide bonds. The van der Waals surface area contributed by atoms with E-state index in [1.54, 1.807) is 12.7 Å². The van der Waals surface area contributed by atoms with Crippen LogP contribution in [0.2, 0.25) is 0 Å². The summed E-state index contributed by atoms with van der Waals surface area (Å²) in [5.74, 6) is 1.77. The second-order valence-corrected chi connectivity index (χ2v) is 8.46. The SMILES string of the molecule is COc1ccc2c(c1)[C@@]1(C)CCCC(C2)[C@H]1N(C)CCc1ccccc1. The molecule has 2 heteroatoms. The summed E-state index contributed by atoms with van der Waals surface area (Å²) in [6.07, 6.45) is 6.34. The number of ether oxygens (including phenoxy) is 1. The van der Waals surface area contributed by atoms with Gasteiger partial charge in [-0.15, -0.1) is 0 Å². The van der Waals surface area contributed by atoms with E-state index in [1.165, 1.54) is 36.8 Å². The van der Waals surface area contributed by atoms with Crippen LogP contribution in [0.15, 0.2) is 48.5 Å². The second-order valence-electron chi connectivity index (χ2n) is 8.46. The first-order valence-electron chi connectivity index (χ1n) is 10.0. The van der Waals surface area contributed by atoms with Crippen molar-refractivity contribution in [2.75, 3.05) is 20.7 Å². The summed E-state index contributed by atoms with van der Waals surface area (Å²) in [5, 5.41) is 0. The molecule has 0 N–H and O–H groups in total. The largest absolute Gasteiger partial charge is 0.497 e. The summed E-state index contributed by atoms with van der Waals surface area (Å²) in [6.45, 7) is 3.63. The highest BCUT2D eigenvalue weighted by Crippen LogP contribution is 2.51. The molecule has 2 aromatic carbocycles. The molecule has 0 heterocycles. The number of likely N-dealkylation sites (N-methyl/N-ethyl adjacent to an activating group) is 1. The molecular formula is C24H31NO. The Morgan fingerprint density at radius 3 is 2.73 bits per heavy atom. The number of hydrogen-bond donors (Lipinski definition) is 0. The van der Waals surface area contributed by atoms with Crippen LogP contribution in [-0.2, 0) is 18.3 Å². The first-order chi connectivity index (χ1) is 12.6. The fourth-order valence-corrected chi connectivity index (χ4v) is 5.68. The van der Waals surface area contributed by atoms with Crippen molar-refractivity contribution >= 4 is 0 Å². The fraction of sp³-hybridized carbons (Fsp3) is 0.500. The van der Waals surface area contributed by atoms with Gasteiger partial charge in [-0.25, -0.2) is 0 Å². The summed E-state index contributed by atoms with van der Waals surface area (Å²) in [6, 6.07) is 18.3. The number of methoxy groups -OCH3 is 1. The number of hydrogen-bond acceptors (Lipinski definition) is 2. The van der Waals surface area contributed by atoms with E-state index in [9.17, 15) is 0 Å². The number of rotatable bonds is 5. The predicted molar refractivity (Wildman–Crippen MR) is 108 cm³/mol. The zero-order valence-electron chi connectivity index (χ0n) is 16.4. The predicted octanol–water partition coefficient (Wildman–Crippen LogP) is 4.85.